The first-order valence-electron chi connectivity index (χ1n) is 9.58. The normalized spacial score (nSPS) is 13.7. The fourth-order valence-electron chi connectivity index (χ4n) is 3.50. The van der Waals surface area contributed by atoms with Gasteiger partial charge in [0.25, 0.3) is 5.56 Å². The summed E-state index contributed by atoms with van der Waals surface area (Å²) in [5.74, 6) is 1.92. The SMILES string of the molecule is CCOc1ccc(CN2CCc3nc(-c4cnccn4)[nH]c(=O)c3C2)cc1OC. The molecule has 150 valence electrons. The summed E-state index contributed by atoms with van der Waals surface area (Å²) in [5, 5.41) is 0. The molecule has 3 heterocycles. The molecule has 2 aromatic heterocycles. The summed E-state index contributed by atoms with van der Waals surface area (Å²) in [6, 6.07) is 5.94. The van der Waals surface area contributed by atoms with Gasteiger partial charge < -0.3 is 14.5 Å². The monoisotopic (exact) mass is 393 g/mol. The minimum absolute atomic E-state index is 0.121. The van der Waals surface area contributed by atoms with Crippen molar-refractivity contribution in [3.63, 3.8) is 0 Å². The molecule has 3 aromatic rings. The van der Waals surface area contributed by atoms with E-state index in [-0.39, 0.29) is 5.56 Å². The van der Waals surface area contributed by atoms with Gasteiger partial charge >= 0.3 is 0 Å². The number of aromatic nitrogens is 4. The molecule has 8 nitrogen and oxygen atoms in total. The van der Waals surface area contributed by atoms with E-state index in [1.54, 1.807) is 25.7 Å². The van der Waals surface area contributed by atoms with Gasteiger partial charge in [0, 0.05) is 38.4 Å². The van der Waals surface area contributed by atoms with Crippen molar-refractivity contribution in [1.82, 2.24) is 24.8 Å². The van der Waals surface area contributed by atoms with E-state index in [1.165, 1.54) is 0 Å². The van der Waals surface area contributed by atoms with Crippen LogP contribution in [0.15, 0.2) is 41.6 Å². The van der Waals surface area contributed by atoms with Gasteiger partial charge in [0.05, 0.1) is 31.2 Å². The van der Waals surface area contributed by atoms with Gasteiger partial charge in [-0.05, 0) is 24.6 Å². The molecule has 29 heavy (non-hydrogen) atoms. The molecule has 0 radical (unpaired) electrons. The fraction of sp³-hybridized carbons (Fsp3) is 0.333. The van der Waals surface area contributed by atoms with Crippen molar-refractivity contribution in [3.05, 3.63) is 64.0 Å². The highest BCUT2D eigenvalue weighted by Crippen LogP contribution is 2.29. The predicted molar refractivity (Wildman–Crippen MR) is 108 cm³/mol. The minimum Gasteiger partial charge on any atom is -0.493 e. The predicted octanol–water partition coefficient (Wildman–Crippen LogP) is 2.19. The topological polar surface area (TPSA) is 93.2 Å². The van der Waals surface area contributed by atoms with Crippen molar-refractivity contribution >= 4 is 0 Å². The average Bonchev–Trinajstić information content (AvgIpc) is 2.76. The molecule has 0 saturated heterocycles. The number of ether oxygens (including phenoxy) is 2. The van der Waals surface area contributed by atoms with E-state index in [9.17, 15) is 4.79 Å². The van der Waals surface area contributed by atoms with E-state index >= 15 is 0 Å². The molecule has 0 amide bonds. The molecule has 1 aliphatic heterocycles. The molecule has 8 heteroatoms. The summed E-state index contributed by atoms with van der Waals surface area (Å²) in [4.78, 5) is 30.6. The van der Waals surface area contributed by atoms with Gasteiger partial charge in [0.2, 0.25) is 0 Å². The number of nitrogens with one attached hydrogen (secondary N) is 1. The Labute approximate surface area is 168 Å². The number of rotatable bonds is 6. The van der Waals surface area contributed by atoms with Crippen LogP contribution in [-0.2, 0) is 19.5 Å². The van der Waals surface area contributed by atoms with Crippen LogP contribution in [0.3, 0.4) is 0 Å². The standard InChI is InChI=1S/C21H23N5O3/c1-3-29-18-5-4-14(10-19(18)28-2)12-26-9-6-16-15(13-26)21(27)25-20(24-16)17-11-22-7-8-23-17/h4-5,7-8,10-11H,3,6,9,12-13H2,1-2H3,(H,24,25,27). The van der Waals surface area contributed by atoms with Crippen LogP contribution >= 0.6 is 0 Å². The first-order chi connectivity index (χ1) is 14.2. The Kier molecular flexibility index (Phi) is 5.53. The summed E-state index contributed by atoms with van der Waals surface area (Å²) in [5.41, 5.74) is 3.09. The number of fused-ring (bicyclic) bond motifs is 1. The molecule has 0 aliphatic carbocycles. The Bertz CT molecular complexity index is 1050. The largest absolute Gasteiger partial charge is 0.493 e. The molecule has 0 atom stereocenters. The van der Waals surface area contributed by atoms with Crippen molar-refractivity contribution in [2.45, 2.75) is 26.4 Å². The summed E-state index contributed by atoms with van der Waals surface area (Å²) < 4.78 is 11.0. The van der Waals surface area contributed by atoms with E-state index in [0.717, 1.165) is 29.3 Å². The molecular weight excluding hydrogens is 370 g/mol. The third-order valence-corrected chi connectivity index (χ3v) is 4.89. The lowest BCUT2D eigenvalue weighted by Crippen LogP contribution is -2.35. The molecule has 0 unspecified atom stereocenters. The second kappa shape index (κ2) is 8.40. The number of hydrogen-bond donors (Lipinski definition) is 1. The van der Waals surface area contributed by atoms with Crippen molar-refractivity contribution in [2.75, 3.05) is 20.3 Å². The van der Waals surface area contributed by atoms with Crippen molar-refractivity contribution in [1.29, 1.82) is 0 Å². The van der Waals surface area contributed by atoms with Crippen LogP contribution in [0.1, 0.15) is 23.7 Å². The van der Waals surface area contributed by atoms with Crippen LogP contribution in [0.4, 0.5) is 0 Å². The third kappa shape index (κ3) is 4.12. The lowest BCUT2D eigenvalue weighted by molar-refractivity contribution is 0.241. The van der Waals surface area contributed by atoms with Gasteiger partial charge in [0.15, 0.2) is 17.3 Å². The molecule has 0 spiro atoms. The average molecular weight is 393 g/mol. The summed E-state index contributed by atoms with van der Waals surface area (Å²) in [6.07, 6.45) is 5.48. The van der Waals surface area contributed by atoms with Crippen LogP contribution in [-0.4, -0.2) is 45.1 Å². The lowest BCUT2D eigenvalue weighted by atomic mass is 10.1. The molecule has 1 aliphatic rings. The number of H-pyrrole nitrogens is 1. The number of aromatic amines is 1. The summed E-state index contributed by atoms with van der Waals surface area (Å²) in [6.45, 7) is 4.62. The highest BCUT2D eigenvalue weighted by Gasteiger charge is 2.22. The first-order valence-corrected chi connectivity index (χ1v) is 9.58. The molecule has 1 aromatic carbocycles. The van der Waals surface area contributed by atoms with Gasteiger partial charge in [-0.15, -0.1) is 0 Å². The second-order valence-corrected chi connectivity index (χ2v) is 6.81. The van der Waals surface area contributed by atoms with Crippen molar-refractivity contribution < 1.29 is 9.47 Å². The van der Waals surface area contributed by atoms with Gasteiger partial charge in [-0.1, -0.05) is 6.07 Å². The Morgan fingerprint density at radius 3 is 2.90 bits per heavy atom. The zero-order valence-electron chi connectivity index (χ0n) is 16.5. The van der Waals surface area contributed by atoms with Gasteiger partial charge in [-0.2, -0.15) is 0 Å². The number of nitrogens with zero attached hydrogens (tertiary/aromatic N) is 4. The summed E-state index contributed by atoms with van der Waals surface area (Å²) >= 11 is 0. The molecule has 0 fully saturated rings. The lowest BCUT2D eigenvalue weighted by Gasteiger charge is -2.28. The van der Waals surface area contributed by atoms with Crippen molar-refractivity contribution in [2.24, 2.45) is 0 Å². The molecule has 1 N–H and O–H groups in total. The number of hydrogen-bond acceptors (Lipinski definition) is 7. The maximum Gasteiger partial charge on any atom is 0.255 e. The third-order valence-electron chi connectivity index (χ3n) is 4.89. The fourth-order valence-corrected chi connectivity index (χ4v) is 3.50. The second-order valence-electron chi connectivity index (χ2n) is 6.81. The number of benzene rings is 1. The first kappa shape index (κ1) is 19.1. The molecule has 4 rings (SSSR count). The maximum absolute atomic E-state index is 12.7. The maximum atomic E-state index is 12.7. The molecule has 0 bridgehead atoms. The van der Waals surface area contributed by atoms with E-state index < -0.39 is 0 Å². The Hall–Kier alpha value is -3.26. The van der Waals surface area contributed by atoms with Crippen LogP contribution in [0.2, 0.25) is 0 Å². The van der Waals surface area contributed by atoms with Crippen LogP contribution in [0.5, 0.6) is 11.5 Å². The molecule has 0 saturated carbocycles. The summed E-state index contributed by atoms with van der Waals surface area (Å²) in [7, 11) is 1.64. The van der Waals surface area contributed by atoms with Crippen molar-refractivity contribution in [3.8, 4) is 23.0 Å². The Balaban J connectivity index is 1.53. The Morgan fingerprint density at radius 1 is 1.24 bits per heavy atom. The number of methoxy groups -OCH3 is 1. The zero-order chi connectivity index (χ0) is 20.2. The zero-order valence-corrected chi connectivity index (χ0v) is 16.5. The van der Waals surface area contributed by atoms with Gasteiger partial charge in [-0.3, -0.25) is 14.7 Å². The van der Waals surface area contributed by atoms with E-state index in [2.05, 4.69) is 24.8 Å². The van der Waals surface area contributed by atoms with Crippen LogP contribution < -0.4 is 15.0 Å². The Morgan fingerprint density at radius 2 is 2.14 bits per heavy atom. The van der Waals surface area contributed by atoms with E-state index in [1.807, 2.05) is 25.1 Å². The molecular formula is C21H23N5O3. The highest BCUT2D eigenvalue weighted by molar-refractivity contribution is 5.47. The quantitative estimate of drug-likeness (QED) is 0.686. The highest BCUT2D eigenvalue weighted by atomic mass is 16.5. The van der Waals surface area contributed by atoms with E-state index in [0.29, 0.717) is 43.2 Å². The van der Waals surface area contributed by atoms with Crippen LogP contribution in [0, 0.1) is 0 Å². The van der Waals surface area contributed by atoms with Gasteiger partial charge in [0.1, 0.15) is 5.69 Å². The van der Waals surface area contributed by atoms with Crippen LogP contribution in [0.25, 0.3) is 11.5 Å². The minimum atomic E-state index is -0.121. The van der Waals surface area contributed by atoms with E-state index in [4.69, 9.17) is 9.47 Å². The van der Waals surface area contributed by atoms with Gasteiger partial charge in [-0.25, -0.2) is 9.97 Å². The smallest absolute Gasteiger partial charge is 0.255 e.